The number of carbonyl (C=O) groups excluding carboxylic acids is 3. The number of amides is 3. The molecule has 2 aromatic carbocycles. The normalized spacial score (nSPS) is 18.7. The Bertz CT molecular complexity index is 998. The summed E-state index contributed by atoms with van der Waals surface area (Å²) in [7, 11) is 1.58. The molecule has 1 aliphatic heterocycles. The molecule has 1 unspecified atom stereocenters. The van der Waals surface area contributed by atoms with Gasteiger partial charge in [-0.25, -0.2) is 4.79 Å². The third-order valence-electron chi connectivity index (χ3n) is 5.72. The standard InChI is InChI=1S/C23H26N2O4/c1-6-23(18-9-10-20(29-5)16(4)12-18)21(27)25(22(28)24-23)13-19(26)17-8-7-14(2)15(3)11-17/h7-12H,6,13H2,1-5H3,(H,24,28). The number of methoxy groups -OCH3 is 1. The van der Waals surface area contributed by atoms with Crippen LogP contribution in [0.25, 0.3) is 0 Å². The van der Waals surface area contributed by atoms with Gasteiger partial charge in [0.05, 0.1) is 13.7 Å². The molecule has 0 spiro atoms. The fourth-order valence-corrected chi connectivity index (χ4v) is 3.70. The van der Waals surface area contributed by atoms with E-state index in [9.17, 15) is 14.4 Å². The van der Waals surface area contributed by atoms with Crippen LogP contribution in [-0.2, 0) is 10.3 Å². The Hall–Kier alpha value is -3.15. The Labute approximate surface area is 170 Å². The van der Waals surface area contributed by atoms with E-state index in [0.717, 1.165) is 21.6 Å². The molecule has 0 aromatic heterocycles. The van der Waals surface area contributed by atoms with Gasteiger partial charge in [-0.05, 0) is 67.6 Å². The van der Waals surface area contributed by atoms with Gasteiger partial charge in [0.2, 0.25) is 0 Å². The maximum atomic E-state index is 13.3. The lowest BCUT2D eigenvalue weighted by Gasteiger charge is -2.26. The molecular formula is C23H26N2O4. The molecule has 1 N–H and O–H groups in total. The molecule has 1 heterocycles. The van der Waals surface area contributed by atoms with Crippen molar-refractivity contribution in [2.45, 2.75) is 39.7 Å². The number of imide groups is 1. The average molecular weight is 394 g/mol. The fraction of sp³-hybridized carbons (Fsp3) is 0.348. The van der Waals surface area contributed by atoms with Crippen LogP contribution in [0, 0.1) is 20.8 Å². The number of hydrogen-bond donors (Lipinski definition) is 1. The highest BCUT2D eigenvalue weighted by Crippen LogP contribution is 2.34. The van der Waals surface area contributed by atoms with E-state index in [2.05, 4.69) is 5.32 Å². The highest BCUT2D eigenvalue weighted by molar-refractivity contribution is 6.11. The van der Waals surface area contributed by atoms with Crippen molar-refractivity contribution in [3.05, 3.63) is 64.2 Å². The van der Waals surface area contributed by atoms with Gasteiger partial charge < -0.3 is 10.1 Å². The summed E-state index contributed by atoms with van der Waals surface area (Å²) >= 11 is 0. The van der Waals surface area contributed by atoms with E-state index in [0.29, 0.717) is 23.3 Å². The molecular weight excluding hydrogens is 368 g/mol. The van der Waals surface area contributed by atoms with Crippen LogP contribution in [0.15, 0.2) is 36.4 Å². The summed E-state index contributed by atoms with van der Waals surface area (Å²) in [6, 6.07) is 10.2. The van der Waals surface area contributed by atoms with Crippen LogP contribution in [0.4, 0.5) is 4.79 Å². The zero-order chi connectivity index (χ0) is 21.3. The van der Waals surface area contributed by atoms with Crippen molar-refractivity contribution in [1.29, 1.82) is 0 Å². The zero-order valence-electron chi connectivity index (χ0n) is 17.5. The number of aryl methyl sites for hydroxylation is 3. The number of nitrogens with zero attached hydrogens (tertiary/aromatic N) is 1. The highest BCUT2D eigenvalue weighted by atomic mass is 16.5. The molecule has 0 radical (unpaired) electrons. The minimum absolute atomic E-state index is 0.269. The Balaban J connectivity index is 1.90. The molecule has 3 amide bonds. The van der Waals surface area contributed by atoms with Gasteiger partial charge in [-0.15, -0.1) is 0 Å². The van der Waals surface area contributed by atoms with Gasteiger partial charge >= 0.3 is 6.03 Å². The quantitative estimate of drug-likeness (QED) is 0.599. The Morgan fingerprint density at radius 2 is 1.76 bits per heavy atom. The maximum Gasteiger partial charge on any atom is 0.325 e. The van der Waals surface area contributed by atoms with Crippen molar-refractivity contribution >= 4 is 17.7 Å². The van der Waals surface area contributed by atoms with E-state index in [4.69, 9.17) is 4.74 Å². The molecule has 152 valence electrons. The smallest absolute Gasteiger partial charge is 0.325 e. The number of nitrogens with one attached hydrogen (secondary N) is 1. The second-order valence-corrected chi connectivity index (χ2v) is 7.49. The first-order chi connectivity index (χ1) is 13.7. The third kappa shape index (κ3) is 3.50. The molecule has 6 heteroatoms. The van der Waals surface area contributed by atoms with Crippen molar-refractivity contribution in [2.24, 2.45) is 0 Å². The summed E-state index contributed by atoms with van der Waals surface area (Å²) < 4.78 is 5.29. The van der Waals surface area contributed by atoms with E-state index >= 15 is 0 Å². The average Bonchev–Trinajstić information content (AvgIpc) is 2.95. The number of urea groups is 1. The first-order valence-corrected chi connectivity index (χ1v) is 9.63. The molecule has 2 aromatic rings. The predicted molar refractivity (Wildman–Crippen MR) is 110 cm³/mol. The Morgan fingerprint density at radius 3 is 2.34 bits per heavy atom. The summed E-state index contributed by atoms with van der Waals surface area (Å²) in [6.45, 7) is 7.33. The molecule has 1 aliphatic rings. The second-order valence-electron chi connectivity index (χ2n) is 7.49. The van der Waals surface area contributed by atoms with E-state index in [1.165, 1.54) is 0 Å². The Morgan fingerprint density at radius 1 is 1.03 bits per heavy atom. The zero-order valence-corrected chi connectivity index (χ0v) is 17.5. The summed E-state index contributed by atoms with van der Waals surface area (Å²) in [5.41, 5.74) is 2.92. The van der Waals surface area contributed by atoms with Gasteiger partial charge in [-0.1, -0.05) is 25.1 Å². The van der Waals surface area contributed by atoms with E-state index in [1.54, 1.807) is 31.4 Å². The van der Waals surface area contributed by atoms with Gasteiger partial charge in [-0.3, -0.25) is 14.5 Å². The van der Waals surface area contributed by atoms with E-state index < -0.39 is 17.5 Å². The number of benzene rings is 2. The molecule has 6 nitrogen and oxygen atoms in total. The molecule has 1 atom stereocenters. The van der Waals surface area contributed by atoms with Crippen LogP contribution < -0.4 is 10.1 Å². The lowest BCUT2D eigenvalue weighted by atomic mass is 9.86. The van der Waals surface area contributed by atoms with Crippen LogP contribution in [0.3, 0.4) is 0 Å². The first-order valence-electron chi connectivity index (χ1n) is 9.63. The number of Topliss-reactive ketones (excluding diaryl/α,β-unsaturated/α-hetero) is 1. The predicted octanol–water partition coefficient (Wildman–Crippen LogP) is 3.66. The minimum Gasteiger partial charge on any atom is -0.496 e. The number of ether oxygens (including phenoxy) is 1. The van der Waals surface area contributed by atoms with Crippen LogP contribution in [-0.4, -0.2) is 36.3 Å². The largest absolute Gasteiger partial charge is 0.496 e. The SMILES string of the molecule is CCC1(c2ccc(OC)c(C)c2)NC(=O)N(CC(=O)c2ccc(C)c(C)c2)C1=O. The summed E-state index contributed by atoms with van der Waals surface area (Å²) in [4.78, 5) is 39.7. The lowest BCUT2D eigenvalue weighted by Crippen LogP contribution is -2.44. The van der Waals surface area contributed by atoms with Gasteiger partial charge in [0.1, 0.15) is 11.3 Å². The number of carbonyl (C=O) groups is 3. The first kappa shape index (κ1) is 20.6. The Kier molecular flexibility index (Phi) is 5.46. The summed E-state index contributed by atoms with van der Waals surface area (Å²) in [6.07, 6.45) is 0.373. The molecule has 1 saturated heterocycles. The summed E-state index contributed by atoms with van der Waals surface area (Å²) in [5, 5.41) is 2.82. The van der Waals surface area contributed by atoms with E-state index in [-0.39, 0.29) is 12.3 Å². The van der Waals surface area contributed by atoms with Crippen molar-refractivity contribution in [2.75, 3.05) is 13.7 Å². The number of hydrogen-bond acceptors (Lipinski definition) is 4. The van der Waals surface area contributed by atoms with Gasteiger partial charge in [0.25, 0.3) is 5.91 Å². The van der Waals surface area contributed by atoms with Crippen molar-refractivity contribution in [3.8, 4) is 5.75 Å². The van der Waals surface area contributed by atoms with Gasteiger partial charge in [-0.2, -0.15) is 0 Å². The van der Waals surface area contributed by atoms with Crippen LogP contribution in [0.1, 0.15) is 46.0 Å². The molecule has 0 bridgehead atoms. The van der Waals surface area contributed by atoms with Crippen molar-refractivity contribution in [3.63, 3.8) is 0 Å². The fourth-order valence-electron chi connectivity index (χ4n) is 3.70. The minimum atomic E-state index is -1.18. The summed E-state index contributed by atoms with van der Waals surface area (Å²) in [5.74, 6) is 0.0275. The molecule has 1 fully saturated rings. The maximum absolute atomic E-state index is 13.3. The van der Waals surface area contributed by atoms with Crippen molar-refractivity contribution < 1.29 is 19.1 Å². The second kappa shape index (κ2) is 7.70. The van der Waals surface area contributed by atoms with Crippen molar-refractivity contribution in [1.82, 2.24) is 10.2 Å². The number of ketones is 1. The monoisotopic (exact) mass is 394 g/mol. The van der Waals surface area contributed by atoms with Crippen LogP contribution in [0.5, 0.6) is 5.75 Å². The topological polar surface area (TPSA) is 75.7 Å². The number of rotatable bonds is 6. The molecule has 3 rings (SSSR count). The van der Waals surface area contributed by atoms with Gasteiger partial charge in [0.15, 0.2) is 5.78 Å². The molecule has 0 saturated carbocycles. The lowest BCUT2D eigenvalue weighted by molar-refractivity contribution is -0.131. The molecule has 29 heavy (non-hydrogen) atoms. The molecule has 0 aliphatic carbocycles. The third-order valence-corrected chi connectivity index (χ3v) is 5.72. The van der Waals surface area contributed by atoms with E-state index in [1.807, 2.05) is 39.8 Å². The van der Waals surface area contributed by atoms with Crippen LogP contribution in [0.2, 0.25) is 0 Å². The van der Waals surface area contributed by atoms with Crippen LogP contribution >= 0.6 is 0 Å². The highest BCUT2D eigenvalue weighted by Gasteiger charge is 2.51. The van der Waals surface area contributed by atoms with Gasteiger partial charge in [0, 0.05) is 5.56 Å².